The highest BCUT2D eigenvalue weighted by Crippen LogP contribution is 2.29. The molecule has 0 saturated heterocycles. The third-order valence-corrected chi connectivity index (χ3v) is 4.41. The number of unbranched alkanes of at least 4 members (excludes halogenated alkanes) is 1. The van der Waals surface area contributed by atoms with Crippen molar-refractivity contribution >= 4 is 28.9 Å². The predicted octanol–water partition coefficient (Wildman–Crippen LogP) is 2.00. The molecular formula is C20H23N5O6. The number of anilines is 1. The number of esters is 2. The van der Waals surface area contributed by atoms with E-state index in [4.69, 9.17) is 19.6 Å². The van der Waals surface area contributed by atoms with Gasteiger partial charge >= 0.3 is 11.9 Å². The van der Waals surface area contributed by atoms with Crippen molar-refractivity contribution in [3.63, 3.8) is 0 Å². The van der Waals surface area contributed by atoms with Gasteiger partial charge in [-0.2, -0.15) is 10.1 Å². The van der Waals surface area contributed by atoms with Crippen molar-refractivity contribution in [1.82, 2.24) is 19.7 Å². The summed E-state index contributed by atoms with van der Waals surface area (Å²) >= 11 is 0. The summed E-state index contributed by atoms with van der Waals surface area (Å²) in [6.45, 7) is 5.57. The van der Waals surface area contributed by atoms with E-state index in [9.17, 15) is 14.4 Å². The molecule has 0 aliphatic heterocycles. The maximum Gasteiger partial charge on any atom is 0.359 e. The van der Waals surface area contributed by atoms with Crippen molar-refractivity contribution in [2.75, 3.05) is 12.3 Å². The molecule has 3 heterocycles. The minimum atomic E-state index is -0.740. The highest BCUT2D eigenvalue weighted by Gasteiger charge is 2.24. The fraction of sp³-hybridized carbons (Fsp3) is 0.400. The lowest BCUT2D eigenvalue weighted by Crippen LogP contribution is -2.25. The SMILES string of the molecule is CCCCn1nc(C(=O)OCc2nc(N)c3c(C(=O)OCC)c(C)oc3n2)ccc1=O. The topological polar surface area (TPSA) is 152 Å². The van der Waals surface area contributed by atoms with Crippen LogP contribution in [0.3, 0.4) is 0 Å². The Morgan fingerprint density at radius 1 is 1.16 bits per heavy atom. The number of hydrogen-bond acceptors (Lipinski definition) is 10. The summed E-state index contributed by atoms with van der Waals surface area (Å²) < 4.78 is 17.0. The quantitative estimate of drug-likeness (QED) is 0.526. The Balaban J connectivity index is 1.79. The third-order valence-electron chi connectivity index (χ3n) is 4.41. The fourth-order valence-corrected chi connectivity index (χ4v) is 2.93. The first kappa shape index (κ1) is 21.9. The molecule has 3 aromatic rings. The largest absolute Gasteiger partial charge is 0.462 e. The van der Waals surface area contributed by atoms with Gasteiger partial charge in [0.1, 0.15) is 17.1 Å². The number of nitrogen functional groups attached to an aromatic ring is 1. The summed E-state index contributed by atoms with van der Waals surface area (Å²) in [7, 11) is 0. The van der Waals surface area contributed by atoms with Crippen molar-refractivity contribution in [2.45, 2.75) is 46.8 Å². The number of furan rings is 1. The highest BCUT2D eigenvalue weighted by atomic mass is 16.5. The molecule has 164 valence electrons. The number of aromatic nitrogens is 4. The van der Waals surface area contributed by atoms with E-state index in [1.165, 1.54) is 16.8 Å². The lowest BCUT2D eigenvalue weighted by Gasteiger charge is -2.07. The Morgan fingerprint density at radius 2 is 1.94 bits per heavy atom. The van der Waals surface area contributed by atoms with Crippen LogP contribution in [0.2, 0.25) is 0 Å². The van der Waals surface area contributed by atoms with E-state index in [2.05, 4.69) is 15.1 Å². The molecular weight excluding hydrogens is 406 g/mol. The van der Waals surface area contributed by atoms with Gasteiger partial charge in [-0.25, -0.2) is 19.3 Å². The summed E-state index contributed by atoms with van der Waals surface area (Å²) in [6, 6.07) is 2.56. The van der Waals surface area contributed by atoms with Crippen LogP contribution < -0.4 is 11.3 Å². The summed E-state index contributed by atoms with van der Waals surface area (Å²) in [5.74, 6) is -0.945. The van der Waals surface area contributed by atoms with E-state index in [1.807, 2.05) is 6.92 Å². The van der Waals surface area contributed by atoms with Crippen molar-refractivity contribution in [2.24, 2.45) is 0 Å². The van der Waals surface area contributed by atoms with E-state index < -0.39 is 11.9 Å². The normalized spacial score (nSPS) is 10.9. The highest BCUT2D eigenvalue weighted by molar-refractivity contribution is 6.07. The molecule has 0 spiro atoms. The van der Waals surface area contributed by atoms with Crippen LogP contribution in [0.5, 0.6) is 0 Å². The Hall–Kier alpha value is -3.76. The molecule has 3 aromatic heterocycles. The average molecular weight is 429 g/mol. The molecule has 31 heavy (non-hydrogen) atoms. The van der Waals surface area contributed by atoms with Crippen LogP contribution in [0.15, 0.2) is 21.3 Å². The molecule has 0 atom stereocenters. The molecule has 0 aliphatic carbocycles. The number of nitrogens with zero attached hydrogens (tertiary/aromatic N) is 4. The molecule has 0 aliphatic rings. The minimum Gasteiger partial charge on any atom is -0.462 e. The van der Waals surface area contributed by atoms with Crippen LogP contribution in [0.1, 0.15) is 59.1 Å². The van der Waals surface area contributed by atoms with Crippen molar-refractivity contribution < 1.29 is 23.5 Å². The Morgan fingerprint density at radius 3 is 2.65 bits per heavy atom. The van der Waals surface area contributed by atoms with E-state index in [0.717, 1.165) is 12.8 Å². The Kier molecular flexibility index (Phi) is 6.63. The standard InChI is InChI=1S/C20H23N5O6/c1-4-6-9-25-14(26)8-7-12(24-25)19(27)30-10-13-22-17(21)16-15(20(28)29-5-2)11(3)31-18(16)23-13/h7-8H,4-6,9-10H2,1-3H3,(H2,21,22,23). The molecule has 11 heteroatoms. The average Bonchev–Trinajstić information content (AvgIpc) is 3.08. The molecule has 0 radical (unpaired) electrons. The van der Waals surface area contributed by atoms with Crippen LogP contribution in [0.4, 0.5) is 5.82 Å². The van der Waals surface area contributed by atoms with Gasteiger partial charge in [-0.05, 0) is 26.3 Å². The molecule has 0 saturated carbocycles. The predicted molar refractivity (Wildman–Crippen MR) is 109 cm³/mol. The zero-order chi connectivity index (χ0) is 22.5. The number of aryl methyl sites for hydroxylation is 2. The molecule has 0 aromatic carbocycles. The Labute approximate surface area is 177 Å². The fourth-order valence-electron chi connectivity index (χ4n) is 2.93. The van der Waals surface area contributed by atoms with Gasteiger partial charge < -0.3 is 19.6 Å². The van der Waals surface area contributed by atoms with E-state index in [-0.39, 0.29) is 52.8 Å². The summed E-state index contributed by atoms with van der Waals surface area (Å²) in [5.41, 5.74) is 5.94. The van der Waals surface area contributed by atoms with Crippen LogP contribution >= 0.6 is 0 Å². The van der Waals surface area contributed by atoms with Gasteiger partial charge in [0, 0.05) is 12.6 Å². The number of hydrogen-bond donors (Lipinski definition) is 1. The molecule has 0 amide bonds. The maximum atomic E-state index is 12.4. The van der Waals surface area contributed by atoms with Gasteiger partial charge in [-0.1, -0.05) is 13.3 Å². The smallest absolute Gasteiger partial charge is 0.359 e. The van der Waals surface area contributed by atoms with Crippen LogP contribution in [-0.2, 0) is 22.6 Å². The van der Waals surface area contributed by atoms with Gasteiger partial charge in [0.15, 0.2) is 18.1 Å². The number of rotatable bonds is 8. The molecule has 0 fully saturated rings. The zero-order valence-electron chi connectivity index (χ0n) is 17.5. The Bertz CT molecular complexity index is 1180. The summed E-state index contributed by atoms with van der Waals surface area (Å²) in [5, 5.41) is 4.28. The summed E-state index contributed by atoms with van der Waals surface area (Å²) in [4.78, 5) is 44.6. The maximum absolute atomic E-state index is 12.4. The van der Waals surface area contributed by atoms with Crippen molar-refractivity contribution in [3.8, 4) is 0 Å². The lowest BCUT2D eigenvalue weighted by atomic mass is 10.2. The van der Waals surface area contributed by atoms with Gasteiger partial charge in [-0.15, -0.1) is 0 Å². The second-order valence-corrected chi connectivity index (χ2v) is 6.67. The summed E-state index contributed by atoms with van der Waals surface area (Å²) in [6.07, 6.45) is 1.64. The number of fused-ring (bicyclic) bond motifs is 1. The monoisotopic (exact) mass is 429 g/mol. The first-order valence-electron chi connectivity index (χ1n) is 9.83. The van der Waals surface area contributed by atoms with E-state index >= 15 is 0 Å². The first-order valence-corrected chi connectivity index (χ1v) is 9.83. The van der Waals surface area contributed by atoms with E-state index in [1.54, 1.807) is 13.8 Å². The van der Waals surface area contributed by atoms with Gasteiger partial charge in [0.25, 0.3) is 5.56 Å². The van der Waals surface area contributed by atoms with E-state index in [0.29, 0.717) is 12.3 Å². The van der Waals surface area contributed by atoms with Crippen molar-refractivity contribution in [3.05, 3.63) is 45.3 Å². The molecule has 0 bridgehead atoms. The number of carbonyl (C=O) groups is 2. The van der Waals surface area contributed by atoms with Gasteiger partial charge in [0.2, 0.25) is 5.71 Å². The van der Waals surface area contributed by atoms with Gasteiger partial charge in [-0.3, -0.25) is 4.79 Å². The first-order chi connectivity index (χ1) is 14.8. The molecule has 3 rings (SSSR count). The number of nitrogens with two attached hydrogens (primary N) is 1. The number of ether oxygens (including phenoxy) is 2. The second kappa shape index (κ2) is 9.37. The molecule has 0 unspecified atom stereocenters. The van der Waals surface area contributed by atoms with Crippen molar-refractivity contribution in [1.29, 1.82) is 0 Å². The van der Waals surface area contributed by atoms with Crippen LogP contribution in [0, 0.1) is 6.92 Å². The minimum absolute atomic E-state index is 0.00203. The molecule has 2 N–H and O–H groups in total. The van der Waals surface area contributed by atoms with Crippen LogP contribution in [0.25, 0.3) is 11.1 Å². The lowest BCUT2D eigenvalue weighted by molar-refractivity contribution is 0.0451. The zero-order valence-corrected chi connectivity index (χ0v) is 17.5. The van der Waals surface area contributed by atoms with Crippen LogP contribution in [-0.4, -0.2) is 38.3 Å². The number of carbonyl (C=O) groups excluding carboxylic acids is 2. The van der Waals surface area contributed by atoms with Gasteiger partial charge in [0.05, 0.1) is 12.0 Å². The molecule has 11 nitrogen and oxygen atoms in total. The second-order valence-electron chi connectivity index (χ2n) is 6.67. The third kappa shape index (κ3) is 4.71.